The third-order valence-electron chi connectivity index (χ3n) is 2.62. The predicted octanol–water partition coefficient (Wildman–Crippen LogP) is 3.84. The van der Waals surface area contributed by atoms with Crippen molar-refractivity contribution in [3.63, 3.8) is 0 Å². The molecule has 1 heterocycles. The van der Waals surface area contributed by atoms with Crippen LogP contribution in [0.5, 0.6) is 0 Å². The molecule has 0 atom stereocenters. The Hall–Kier alpha value is -2.31. The lowest BCUT2D eigenvalue weighted by Gasteiger charge is -2.11. The standard InChI is InChI=1S/C14H10Cl2N2O4/c15-9-6-17-12(13(19)20)10(16)11(9)18-14(21)22-7-8-4-2-1-3-5-8/h1-6H,7H2,(H,19,20)(H,17,18,21). The van der Waals surface area contributed by atoms with Crippen molar-refractivity contribution in [2.45, 2.75) is 6.61 Å². The Bertz CT molecular complexity index is 707. The Morgan fingerprint density at radius 1 is 1.23 bits per heavy atom. The van der Waals surface area contributed by atoms with Crippen LogP contribution in [0.25, 0.3) is 0 Å². The Morgan fingerprint density at radius 3 is 2.55 bits per heavy atom. The Kier molecular flexibility index (Phi) is 5.19. The zero-order chi connectivity index (χ0) is 16.1. The van der Waals surface area contributed by atoms with Crippen LogP contribution in [0.15, 0.2) is 36.5 Å². The molecule has 0 fully saturated rings. The second-order valence-electron chi connectivity index (χ2n) is 4.14. The number of amides is 1. The number of aromatic nitrogens is 1. The molecule has 6 nitrogen and oxygen atoms in total. The first-order valence-electron chi connectivity index (χ1n) is 6.04. The molecule has 0 radical (unpaired) electrons. The van der Waals surface area contributed by atoms with Crippen LogP contribution in [0.1, 0.15) is 16.1 Å². The van der Waals surface area contributed by atoms with Crippen LogP contribution in [-0.2, 0) is 11.3 Å². The summed E-state index contributed by atoms with van der Waals surface area (Å²) in [5.74, 6) is -1.33. The van der Waals surface area contributed by atoms with Crippen molar-refractivity contribution < 1.29 is 19.4 Å². The van der Waals surface area contributed by atoms with Gasteiger partial charge in [-0.05, 0) is 5.56 Å². The minimum Gasteiger partial charge on any atom is -0.476 e. The molecule has 0 saturated carbocycles. The number of carboxylic acid groups (broad SMARTS) is 1. The fraction of sp³-hybridized carbons (Fsp3) is 0.0714. The van der Waals surface area contributed by atoms with Crippen LogP contribution >= 0.6 is 23.2 Å². The van der Waals surface area contributed by atoms with Gasteiger partial charge in [0.25, 0.3) is 0 Å². The highest BCUT2D eigenvalue weighted by atomic mass is 35.5. The molecular weight excluding hydrogens is 331 g/mol. The molecule has 114 valence electrons. The molecule has 1 aromatic heterocycles. The first-order chi connectivity index (χ1) is 10.5. The number of ether oxygens (including phenoxy) is 1. The maximum atomic E-state index is 11.8. The van der Waals surface area contributed by atoms with E-state index in [1.165, 1.54) is 0 Å². The summed E-state index contributed by atoms with van der Waals surface area (Å²) in [7, 11) is 0. The number of hydrogen-bond acceptors (Lipinski definition) is 4. The number of carbonyl (C=O) groups is 2. The molecule has 8 heteroatoms. The number of halogens is 2. The number of anilines is 1. The summed E-state index contributed by atoms with van der Waals surface area (Å²) < 4.78 is 5.01. The molecule has 22 heavy (non-hydrogen) atoms. The zero-order valence-electron chi connectivity index (χ0n) is 11.0. The topological polar surface area (TPSA) is 88.5 Å². The average Bonchev–Trinajstić information content (AvgIpc) is 2.50. The zero-order valence-corrected chi connectivity index (χ0v) is 12.6. The quantitative estimate of drug-likeness (QED) is 0.882. The molecule has 2 N–H and O–H groups in total. The van der Waals surface area contributed by atoms with E-state index < -0.39 is 17.8 Å². The molecule has 0 aliphatic heterocycles. The van der Waals surface area contributed by atoms with E-state index in [1.807, 2.05) is 18.2 Å². The molecule has 0 saturated heterocycles. The highest BCUT2D eigenvalue weighted by Crippen LogP contribution is 2.31. The summed E-state index contributed by atoms with van der Waals surface area (Å²) in [6.45, 7) is 0.0543. The van der Waals surface area contributed by atoms with Crippen molar-refractivity contribution in [2.24, 2.45) is 0 Å². The Balaban J connectivity index is 2.08. The number of nitrogens with zero attached hydrogens (tertiary/aromatic N) is 1. The molecule has 0 spiro atoms. The number of hydrogen-bond donors (Lipinski definition) is 2. The largest absolute Gasteiger partial charge is 0.476 e. The molecular formula is C14H10Cl2N2O4. The average molecular weight is 341 g/mol. The Morgan fingerprint density at radius 2 is 1.91 bits per heavy atom. The minimum atomic E-state index is -1.33. The van der Waals surface area contributed by atoms with Gasteiger partial charge < -0.3 is 9.84 Å². The number of benzene rings is 1. The molecule has 1 aromatic carbocycles. The lowest BCUT2D eigenvalue weighted by molar-refractivity contribution is 0.0690. The van der Waals surface area contributed by atoms with Gasteiger partial charge in [0.1, 0.15) is 6.61 Å². The normalized spacial score (nSPS) is 10.1. The van der Waals surface area contributed by atoms with Crippen LogP contribution in [0.3, 0.4) is 0 Å². The van der Waals surface area contributed by atoms with E-state index in [2.05, 4.69) is 10.3 Å². The number of pyridine rings is 1. The highest BCUT2D eigenvalue weighted by molar-refractivity contribution is 6.41. The van der Waals surface area contributed by atoms with Crippen molar-refractivity contribution in [1.29, 1.82) is 0 Å². The first kappa shape index (κ1) is 16.1. The fourth-order valence-corrected chi connectivity index (χ4v) is 2.11. The number of aromatic carboxylic acids is 1. The van der Waals surface area contributed by atoms with Gasteiger partial charge in [0.2, 0.25) is 0 Å². The van der Waals surface area contributed by atoms with Gasteiger partial charge in [0.15, 0.2) is 5.69 Å². The van der Waals surface area contributed by atoms with Crippen LogP contribution in [0.2, 0.25) is 10.0 Å². The molecule has 1 amide bonds. The van der Waals surface area contributed by atoms with Crippen molar-refractivity contribution >= 4 is 41.0 Å². The van der Waals surface area contributed by atoms with E-state index in [-0.39, 0.29) is 22.3 Å². The summed E-state index contributed by atoms with van der Waals surface area (Å²) >= 11 is 11.7. The lowest BCUT2D eigenvalue weighted by atomic mass is 10.2. The maximum Gasteiger partial charge on any atom is 0.412 e. The van der Waals surface area contributed by atoms with Gasteiger partial charge in [0.05, 0.1) is 15.7 Å². The van der Waals surface area contributed by atoms with Gasteiger partial charge in [-0.2, -0.15) is 0 Å². The summed E-state index contributed by atoms with van der Waals surface area (Å²) in [4.78, 5) is 26.3. The molecule has 2 aromatic rings. The van der Waals surface area contributed by atoms with Gasteiger partial charge in [0, 0.05) is 6.20 Å². The van der Waals surface area contributed by atoms with Gasteiger partial charge in [-0.3, -0.25) is 5.32 Å². The van der Waals surface area contributed by atoms with Crippen LogP contribution in [0, 0.1) is 0 Å². The number of rotatable bonds is 4. The van der Waals surface area contributed by atoms with Crippen molar-refractivity contribution in [3.8, 4) is 0 Å². The lowest BCUT2D eigenvalue weighted by Crippen LogP contribution is -2.15. The summed E-state index contributed by atoms with van der Waals surface area (Å²) in [6.07, 6.45) is 0.277. The number of nitrogens with one attached hydrogen (secondary N) is 1. The molecule has 0 aliphatic rings. The third kappa shape index (κ3) is 3.87. The van der Waals surface area contributed by atoms with E-state index in [1.54, 1.807) is 12.1 Å². The van der Waals surface area contributed by atoms with Crippen LogP contribution < -0.4 is 5.32 Å². The van der Waals surface area contributed by atoms with Crippen LogP contribution in [0.4, 0.5) is 10.5 Å². The van der Waals surface area contributed by atoms with Crippen molar-refractivity contribution in [1.82, 2.24) is 4.98 Å². The summed E-state index contributed by atoms with van der Waals surface area (Å²) in [6, 6.07) is 9.05. The maximum absolute atomic E-state index is 11.8. The van der Waals surface area contributed by atoms with E-state index in [0.717, 1.165) is 11.8 Å². The highest BCUT2D eigenvalue weighted by Gasteiger charge is 2.19. The number of carbonyl (C=O) groups excluding carboxylic acids is 1. The monoisotopic (exact) mass is 340 g/mol. The predicted molar refractivity (Wildman–Crippen MR) is 81.5 cm³/mol. The number of carboxylic acids is 1. The summed E-state index contributed by atoms with van der Waals surface area (Å²) in [5.41, 5.74) is 0.328. The molecule has 0 bridgehead atoms. The second kappa shape index (κ2) is 7.11. The smallest absolute Gasteiger partial charge is 0.412 e. The van der Waals surface area contributed by atoms with Gasteiger partial charge >= 0.3 is 12.1 Å². The minimum absolute atomic E-state index is 0.00617. The van der Waals surface area contributed by atoms with E-state index in [0.29, 0.717) is 0 Å². The fourth-order valence-electron chi connectivity index (χ4n) is 1.59. The first-order valence-corrected chi connectivity index (χ1v) is 6.79. The molecule has 0 aliphatic carbocycles. The van der Waals surface area contributed by atoms with Gasteiger partial charge in [-0.15, -0.1) is 0 Å². The van der Waals surface area contributed by atoms with E-state index in [4.69, 9.17) is 33.0 Å². The van der Waals surface area contributed by atoms with E-state index in [9.17, 15) is 9.59 Å². The third-order valence-corrected chi connectivity index (χ3v) is 3.27. The van der Waals surface area contributed by atoms with Crippen molar-refractivity contribution in [3.05, 3.63) is 57.8 Å². The second-order valence-corrected chi connectivity index (χ2v) is 4.92. The van der Waals surface area contributed by atoms with Gasteiger partial charge in [-0.25, -0.2) is 14.6 Å². The van der Waals surface area contributed by atoms with E-state index >= 15 is 0 Å². The van der Waals surface area contributed by atoms with Crippen LogP contribution in [-0.4, -0.2) is 22.2 Å². The summed E-state index contributed by atoms with van der Waals surface area (Å²) in [5, 5.41) is 11.0. The molecule has 2 rings (SSSR count). The Labute approximate surface area is 135 Å². The van der Waals surface area contributed by atoms with Gasteiger partial charge in [-0.1, -0.05) is 53.5 Å². The molecule has 0 unspecified atom stereocenters. The van der Waals surface area contributed by atoms with Crippen molar-refractivity contribution in [2.75, 3.05) is 5.32 Å². The SMILES string of the molecule is O=C(Nc1c(Cl)cnc(C(=O)O)c1Cl)OCc1ccccc1.